The first-order valence-corrected chi connectivity index (χ1v) is 9.47. The van der Waals surface area contributed by atoms with E-state index in [4.69, 9.17) is 4.74 Å². The van der Waals surface area contributed by atoms with Crippen LogP contribution in [0.4, 0.5) is 5.82 Å². The number of Topliss-reactive ketones (excluding diaryl/α,β-unsaturated/α-hetero) is 1. The SMILES string of the molecule is CC(=O)c1ccc(OCC(=O)Nc2c(-c3ccc(Br)cc3)c(C)nn2C)cc1. The zero-order chi connectivity index (χ0) is 20.3. The summed E-state index contributed by atoms with van der Waals surface area (Å²) < 4.78 is 8.15. The molecule has 0 spiro atoms. The lowest BCUT2D eigenvalue weighted by Gasteiger charge is -2.10. The maximum Gasteiger partial charge on any atom is 0.263 e. The Labute approximate surface area is 171 Å². The van der Waals surface area contributed by atoms with Crippen LogP contribution in [0.3, 0.4) is 0 Å². The van der Waals surface area contributed by atoms with E-state index >= 15 is 0 Å². The number of aryl methyl sites for hydroxylation is 2. The molecule has 0 fully saturated rings. The minimum Gasteiger partial charge on any atom is -0.484 e. The van der Waals surface area contributed by atoms with E-state index in [1.54, 1.807) is 36.0 Å². The fourth-order valence-electron chi connectivity index (χ4n) is 2.87. The predicted molar refractivity (Wildman–Crippen MR) is 112 cm³/mol. The van der Waals surface area contributed by atoms with Crippen molar-refractivity contribution >= 4 is 33.4 Å². The summed E-state index contributed by atoms with van der Waals surface area (Å²) in [5.41, 5.74) is 3.25. The second-order valence-electron chi connectivity index (χ2n) is 6.36. The van der Waals surface area contributed by atoms with Crippen LogP contribution in [0.2, 0.25) is 0 Å². The molecule has 0 aliphatic carbocycles. The third kappa shape index (κ3) is 4.48. The lowest BCUT2D eigenvalue weighted by atomic mass is 10.1. The number of ether oxygens (including phenoxy) is 1. The van der Waals surface area contributed by atoms with Gasteiger partial charge in [0.05, 0.1) is 5.69 Å². The largest absolute Gasteiger partial charge is 0.484 e. The number of aromatic nitrogens is 2. The molecule has 0 bridgehead atoms. The van der Waals surface area contributed by atoms with Gasteiger partial charge in [-0.3, -0.25) is 14.3 Å². The molecule has 1 amide bonds. The van der Waals surface area contributed by atoms with Gasteiger partial charge in [-0.15, -0.1) is 0 Å². The van der Waals surface area contributed by atoms with Crippen LogP contribution in [0.1, 0.15) is 23.0 Å². The third-order valence-corrected chi connectivity index (χ3v) is 4.77. The van der Waals surface area contributed by atoms with Crippen LogP contribution < -0.4 is 10.1 Å². The molecular weight excluding hydrogens is 422 g/mol. The Kier molecular flexibility index (Phi) is 5.94. The summed E-state index contributed by atoms with van der Waals surface area (Å²) in [7, 11) is 1.78. The molecule has 28 heavy (non-hydrogen) atoms. The van der Waals surface area contributed by atoms with Gasteiger partial charge in [0.1, 0.15) is 11.6 Å². The average Bonchev–Trinajstić information content (AvgIpc) is 2.94. The van der Waals surface area contributed by atoms with Crippen molar-refractivity contribution in [3.05, 3.63) is 64.3 Å². The number of halogens is 1. The second kappa shape index (κ2) is 8.39. The molecule has 7 heteroatoms. The fourth-order valence-corrected chi connectivity index (χ4v) is 3.13. The number of carbonyl (C=O) groups is 2. The first kappa shape index (κ1) is 19.8. The molecular formula is C21H20BrN3O3. The Morgan fingerprint density at radius 3 is 2.36 bits per heavy atom. The summed E-state index contributed by atoms with van der Waals surface area (Å²) in [5, 5.41) is 7.31. The van der Waals surface area contributed by atoms with Crippen LogP contribution >= 0.6 is 15.9 Å². The zero-order valence-corrected chi connectivity index (χ0v) is 17.4. The number of nitrogens with zero attached hydrogens (tertiary/aromatic N) is 2. The fraction of sp³-hybridized carbons (Fsp3) is 0.190. The van der Waals surface area contributed by atoms with Crippen molar-refractivity contribution < 1.29 is 14.3 Å². The van der Waals surface area contributed by atoms with Gasteiger partial charge in [0.15, 0.2) is 12.4 Å². The Balaban J connectivity index is 1.72. The summed E-state index contributed by atoms with van der Waals surface area (Å²) in [4.78, 5) is 23.7. The summed E-state index contributed by atoms with van der Waals surface area (Å²) in [5.74, 6) is 0.822. The Morgan fingerprint density at radius 2 is 1.75 bits per heavy atom. The molecule has 0 atom stereocenters. The maximum absolute atomic E-state index is 12.4. The number of benzene rings is 2. The quantitative estimate of drug-likeness (QED) is 0.576. The standard InChI is InChI=1S/C21H20BrN3O3/c1-13-20(16-4-8-17(22)9-5-16)21(25(3)24-13)23-19(27)12-28-18-10-6-15(7-11-18)14(2)26/h4-11H,12H2,1-3H3,(H,23,27). The van der Waals surface area contributed by atoms with Gasteiger partial charge >= 0.3 is 0 Å². The number of hydrogen-bond donors (Lipinski definition) is 1. The molecule has 0 radical (unpaired) electrons. The number of ketones is 1. The molecule has 3 aromatic rings. The van der Waals surface area contributed by atoms with Crippen LogP contribution in [0.15, 0.2) is 53.0 Å². The Morgan fingerprint density at radius 1 is 1.11 bits per heavy atom. The molecule has 0 unspecified atom stereocenters. The third-order valence-electron chi connectivity index (χ3n) is 4.24. The number of anilines is 1. The van der Waals surface area contributed by atoms with Crippen molar-refractivity contribution in [2.24, 2.45) is 7.05 Å². The number of nitrogens with one attached hydrogen (secondary N) is 1. The van der Waals surface area contributed by atoms with E-state index in [9.17, 15) is 9.59 Å². The summed E-state index contributed by atoms with van der Waals surface area (Å²) in [6.45, 7) is 3.26. The van der Waals surface area contributed by atoms with Gasteiger partial charge in [0.25, 0.3) is 5.91 Å². The van der Waals surface area contributed by atoms with Gasteiger partial charge in [-0.1, -0.05) is 28.1 Å². The lowest BCUT2D eigenvalue weighted by Crippen LogP contribution is -2.22. The van der Waals surface area contributed by atoms with Crippen LogP contribution in [0.5, 0.6) is 5.75 Å². The van der Waals surface area contributed by atoms with E-state index in [-0.39, 0.29) is 18.3 Å². The van der Waals surface area contributed by atoms with Crippen molar-refractivity contribution in [3.63, 3.8) is 0 Å². The van der Waals surface area contributed by atoms with E-state index in [1.165, 1.54) is 6.92 Å². The smallest absolute Gasteiger partial charge is 0.263 e. The van der Waals surface area contributed by atoms with Gasteiger partial charge in [0, 0.05) is 22.6 Å². The number of amides is 1. The van der Waals surface area contributed by atoms with Crippen molar-refractivity contribution in [2.75, 3.05) is 11.9 Å². The van der Waals surface area contributed by atoms with Gasteiger partial charge in [0.2, 0.25) is 0 Å². The molecule has 0 saturated carbocycles. The first-order valence-electron chi connectivity index (χ1n) is 8.68. The average molecular weight is 442 g/mol. The van der Waals surface area contributed by atoms with Gasteiger partial charge in [-0.2, -0.15) is 5.10 Å². The summed E-state index contributed by atoms with van der Waals surface area (Å²) >= 11 is 3.43. The van der Waals surface area contributed by atoms with Crippen molar-refractivity contribution in [3.8, 4) is 16.9 Å². The number of rotatable bonds is 6. The van der Waals surface area contributed by atoms with Crippen molar-refractivity contribution in [2.45, 2.75) is 13.8 Å². The topological polar surface area (TPSA) is 73.2 Å². The van der Waals surface area contributed by atoms with Crippen molar-refractivity contribution in [1.82, 2.24) is 9.78 Å². The van der Waals surface area contributed by atoms with Gasteiger partial charge in [-0.05, 0) is 55.8 Å². The monoisotopic (exact) mass is 441 g/mol. The zero-order valence-electron chi connectivity index (χ0n) is 15.8. The lowest BCUT2D eigenvalue weighted by molar-refractivity contribution is -0.118. The predicted octanol–water partition coefficient (Wildman–Crippen LogP) is 4.38. The molecule has 1 N–H and O–H groups in total. The number of carbonyl (C=O) groups excluding carboxylic acids is 2. The highest BCUT2D eigenvalue weighted by Gasteiger charge is 2.17. The first-order chi connectivity index (χ1) is 13.3. The van der Waals surface area contributed by atoms with Crippen LogP contribution in [0.25, 0.3) is 11.1 Å². The molecule has 0 saturated heterocycles. The molecule has 3 rings (SSSR count). The van der Waals surface area contributed by atoms with E-state index < -0.39 is 0 Å². The molecule has 144 valence electrons. The van der Waals surface area contributed by atoms with E-state index in [1.807, 2.05) is 31.2 Å². The molecule has 1 heterocycles. The molecule has 6 nitrogen and oxygen atoms in total. The molecule has 0 aliphatic heterocycles. The maximum atomic E-state index is 12.4. The minimum absolute atomic E-state index is 0.0173. The summed E-state index contributed by atoms with van der Waals surface area (Å²) in [6, 6.07) is 14.5. The number of hydrogen-bond acceptors (Lipinski definition) is 4. The van der Waals surface area contributed by atoms with E-state index in [0.29, 0.717) is 17.1 Å². The normalized spacial score (nSPS) is 10.6. The minimum atomic E-state index is -0.294. The molecule has 2 aromatic carbocycles. The highest BCUT2D eigenvalue weighted by Crippen LogP contribution is 2.31. The van der Waals surface area contributed by atoms with Crippen molar-refractivity contribution in [1.29, 1.82) is 0 Å². The van der Waals surface area contributed by atoms with E-state index in [2.05, 4.69) is 26.3 Å². The molecule has 1 aromatic heterocycles. The van der Waals surface area contributed by atoms with E-state index in [0.717, 1.165) is 21.3 Å². The van der Waals surface area contributed by atoms with Crippen LogP contribution in [-0.4, -0.2) is 28.1 Å². The van der Waals surface area contributed by atoms with Crippen LogP contribution in [0, 0.1) is 6.92 Å². The highest BCUT2D eigenvalue weighted by molar-refractivity contribution is 9.10. The highest BCUT2D eigenvalue weighted by atomic mass is 79.9. The Bertz CT molecular complexity index is 1010. The van der Waals surface area contributed by atoms with Gasteiger partial charge in [-0.25, -0.2) is 0 Å². The second-order valence-corrected chi connectivity index (χ2v) is 7.27. The van der Waals surface area contributed by atoms with Gasteiger partial charge < -0.3 is 10.1 Å². The Hall–Kier alpha value is -2.93. The molecule has 0 aliphatic rings. The summed E-state index contributed by atoms with van der Waals surface area (Å²) in [6.07, 6.45) is 0. The van der Waals surface area contributed by atoms with Crippen LogP contribution in [-0.2, 0) is 11.8 Å².